The third kappa shape index (κ3) is 4.68. The third-order valence-corrected chi connectivity index (χ3v) is 7.15. The fourth-order valence-corrected chi connectivity index (χ4v) is 5.37. The van der Waals surface area contributed by atoms with E-state index in [-0.39, 0.29) is 4.90 Å². The maximum Gasteiger partial charge on any atom is 0.418 e. The van der Waals surface area contributed by atoms with Crippen LogP contribution < -0.4 is 4.74 Å². The summed E-state index contributed by atoms with van der Waals surface area (Å²) in [5.74, 6) is -0.430. The molecule has 1 aliphatic heterocycles. The zero-order valence-electron chi connectivity index (χ0n) is 17.0. The van der Waals surface area contributed by atoms with E-state index in [1.807, 2.05) is 6.92 Å². The van der Waals surface area contributed by atoms with Crippen LogP contribution in [0.5, 0.6) is 5.75 Å². The van der Waals surface area contributed by atoms with Crippen LogP contribution in [0.1, 0.15) is 37.0 Å². The summed E-state index contributed by atoms with van der Waals surface area (Å²) in [4.78, 5) is 0.244. The van der Waals surface area contributed by atoms with Crippen molar-refractivity contribution >= 4 is 22.4 Å². The number of halogens is 4. The fourth-order valence-electron chi connectivity index (χ4n) is 3.82. The topological polar surface area (TPSA) is 46.5 Å². The van der Waals surface area contributed by atoms with Gasteiger partial charge in [0.25, 0.3) is 0 Å². The molecule has 1 unspecified atom stereocenters. The second kappa shape index (κ2) is 8.17. The summed E-state index contributed by atoms with van der Waals surface area (Å²) < 4.78 is 60.3. The standard InChI is InChI=1S/C22H24ClF3O3S/c1-14-4-6-17(7-5-14)30(28)13-21(27,22(24,25)26)12-20(2,3)18-11-16(23)10-15-8-9-29-19(15)18/h4-7,10-11,27H,8-9,12-13H2,1-3H3/t21-,30?/m0/s1. The lowest BCUT2D eigenvalue weighted by molar-refractivity contribution is -0.257. The number of aliphatic hydroxyl groups is 1. The molecule has 0 amide bonds. The average molecular weight is 461 g/mol. The Balaban J connectivity index is 1.94. The van der Waals surface area contributed by atoms with Crippen molar-refractivity contribution in [3.8, 4) is 5.75 Å². The summed E-state index contributed by atoms with van der Waals surface area (Å²) >= 11 is 6.18. The van der Waals surface area contributed by atoms with E-state index in [1.165, 1.54) is 12.1 Å². The maximum atomic E-state index is 14.0. The first-order chi connectivity index (χ1) is 13.8. The Morgan fingerprint density at radius 1 is 1.17 bits per heavy atom. The normalized spacial score (nSPS) is 17.2. The first-order valence-electron chi connectivity index (χ1n) is 9.52. The zero-order chi connectivity index (χ0) is 22.3. The Labute approximate surface area is 181 Å². The van der Waals surface area contributed by atoms with E-state index in [0.717, 1.165) is 11.1 Å². The fraction of sp³-hybridized carbons (Fsp3) is 0.455. The molecule has 0 bridgehead atoms. The van der Waals surface area contributed by atoms with Crippen LogP contribution in [0.25, 0.3) is 0 Å². The SMILES string of the molecule is Cc1ccc(S(=O)C[C@@](O)(CC(C)(C)c2cc(Cl)cc3c2OCC3)C(F)(F)F)cc1. The minimum Gasteiger partial charge on any atom is -0.493 e. The quantitative estimate of drug-likeness (QED) is 0.632. The van der Waals surface area contributed by atoms with Gasteiger partial charge in [-0.05, 0) is 48.6 Å². The third-order valence-electron chi connectivity index (χ3n) is 5.39. The predicted molar refractivity (Wildman–Crippen MR) is 112 cm³/mol. The van der Waals surface area contributed by atoms with Crippen LogP contribution >= 0.6 is 11.6 Å². The van der Waals surface area contributed by atoms with Gasteiger partial charge >= 0.3 is 6.18 Å². The molecular weight excluding hydrogens is 437 g/mol. The van der Waals surface area contributed by atoms with Crippen LogP contribution in [-0.2, 0) is 22.6 Å². The van der Waals surface area contributed by atoms with Crippen LogP contribution in [0.15, 0.2) is 41.3 Å². The lowest BCUT2D eigenvalue weighted by Crippen LogP contribution is -2.53. The summed E-state index contributed by atoms with van der Waals surface area (Å²) in [5, 5.41) is 11.2. The van der Waals surface area contributed by atoms with Gasteiger partial charge in [0.2, 0.25) is 0 Å². The smallest absolute Gasteiger partial charge is 0.418 e. The van der Waals surface area contributed by atoms with Gasteiger partial charge in [0.15, 0.2) is 5.60 Å². The Morgan fingerprint density at radius 2 is 1.80 bits per heavy atom. The van der Waals surface area contributed by atoms with E-state index in [1.54, 1.807) is 38.1 Å². The highest BCUT2D eigenvalue weighted by Crippen LogP contribution is 2.46. The number of aryl methyl sites for hydroxylation is 1. The van der Waals surface area contributed by atoms with E-state index in [2.05, 4.69) is 0 Å². The van der Waals surface area contributed by atoms with Crippen LogP contribution in [0.2, 0.25) is 5.02 Å². The molecule has 1 heterocycles. The van der Waals surface area contributed by atoms with E-state index < -0.39 is 40.2 Å². The highest BCUT2D eigenvalue weighted by Gasteiger charge is 2.57. The molecule has 1 aliphatic rings. The molecule has 0 radical (unpaired) electrons. The molecule has 2 aromatic rings. The average Bonchev–Trinajstić information content (AvgIpc) is 3.08. The van der Waals surface area contributed by atoms with E-state index in [4.69, 9.17) is 16.3 Å². The first kappa shape index (κ1) is 23.1. The van der Waals surface area contributed by atoms with E-state index in [0.29, 0.717) is 29.4 Å². The summed E-state index contributed by atoms with van der Waals surface area (Å²) in [6.07, 6.45) is -5.02. The van der Waals surface area contributed by atoms with Gasteiger partial charge < -0.3 is 9.84 Å². The van der Waals surface area contributed by atoms with Crippen molar-refractivity contribution in [3.05, 3.63) is 58.1 Å². The van der Waals surface area contributed by atoms with Gasteiger partial charge in [-0.1, -0.05) is 43.1 Å². The van der Waals surface area contributed by atoms with Gasteiger partial charge in [0, 0.05) is 21.9 Å². The maximum absolute atomic E-state index is 14.0. The number of ether oxygens (including phenoxy) is 1. The lowest BCUT2D eigenvalue weighted by Gasteiger charge is -2.38. The van der Waals surface area contributed by atoms with Gasteiger partial charge in [-0.15, -0.1) is 0 Å². The number of hydrogen-bond acceptors (Lipinski definition) is 3. The summed E-state index contributed by atoms with van der Waals surface area (Å²) in [6.45, 7) is 5.46. The molecule has 1 N–H and O–H groups in total. The molecule has 2 atom stereocenters. The predicted octanol–water partition coefficient (Wildman–Crippen LogP) is 5.35. The Kier molecular flexibility index (Phi) is 6.29. The van der Waals surface area contributed by atoms with Gasteiger partial charge in [0.05, 0.1) is 23.2 Å². The Hall–Kier alpha value is -1.57. The zero-order valence-corrected chi connectivity index (χ0v) is 18.5. The van der Waals surface area contributed by atoms with E-state index >= 15 is 0 Å². The molecule has 0 saturated carbocycles. The van der Waals surface area contributed by atoms with Crippen molar-refractivity contribution in [2.75, 3.05) is 12.4 Å². The molecule has 2 aromatic carbocycles. The van der Waals surface area contributed by atoms with Gasteiger partial charge in [0.1, 0.15) is 5.75 Å². The molecule has 0 fully saturated rings. The van der Waals surface area contributed by atoms with E-state index in [9.17, 15) is 22.5 Å². The molecule has 8 heteroatoms. The highest BCUT2D eigenvalue weighted by molar-refractivity contribution is 7.85. The van der Waals surface area contributed by atoms with Crippen LogP contribution in [-0.4, -0.2) is 33.5 Å². The van der Waals surface area contributed by atoms with Crippen molar-refractivity contribution in [1.29, 1.82) is 0 Å². The number of rotatable bonds is 6. The second-order valence-corrected chi connectivity index (χ2v) is 10.3. The van der Waals surface area contributed by atoms with Crippen LogP contribution in [0.3, 0.4) is 0 Å². The largest absolute Gasteiger partial charge is 0.493 e. The molecule has 0 aromatic heterocycles. The van der Waals surface area contributed by atoms with Gasteiger partial charge in [-0.25, -0.2) is 0 Å². The van der Waals surface area contributed by atoms with Crippen molar-refractivity contribution in [2.24, 2.45) is 0 Å². The molecule has 164 valence electrons. The lowest BCUT2D eigenvalue weighted by atomic mass is 9.74. The molecule has 0 saturated heterocycles. The molecule has 0 spiro atoms. The second-order valence-electron chi connectivity index (χ2n) is 8.43. The first-order valence-corrected chi connectivity index (χ1v) is 11.2. The molecular formula is C22H24ClF3O3S. The highest BCUT2D eigenvalue weighted by atomic mass is 35.5. The number of benzene rings is 2. The monoisotopic (exact) mass is 460 g/mol. The molecule has 3 nitrogen and oxygen atoms in total. The Bertz CT molecular complexity index is 957. The number of alkyl halides is 3. The molecule has 0 aliphatic carbocycles. The van der Waals surface area contributed by atoms with Crippen molar-refractivity contribution in [3.63, 3.8) is 0 Å². The van der Waals surface area contributed by atoms with Crippen LogP contribution in [0.4, 0.5) is 13.2 Å². The minimum absolute atomic E-state index is 0.244. The number of fused-ring (bicyclic) bond motifs is 1. The summed E-state index contributed by atoms with van der Waals surface area (Å²) in [5.41, 5.74) is -2.05. The van der Waals surface area contributed by atoms with Crippen molar-refractivity contribution in [2.45, 2.75) is 55.7 Å². The number of hydrogen-bond donors (Lipinski definition) is 1. The summed E-state index contributed by atoms with van der Waals surface area (Å²) in [6, 6.07) is 9.72. The van der Waals surface area contributed by atoms with Gasteiger partial charge in [-0.2, -0.15) is 13.2 Å². The Morgan fingerprint density at radius 3 is 2.40 bits per heavy atom. The van der Waals surface area contributed by atoms with Gasteiger partial charge in [-0.3, -0.25) is 4.21 Å². The molecule has 30 heavy (non-hydrogen) atoms. The minimum atomic E-state index is -4.97. The van der Waals surface area contributed by atoms with Crippen molar-refractivity contribution < 1.29 is 27.2 Å². The van der Waals surface area contributed by atoms with Crippen LogP contribution in [0, 0.1) is 6.92 Å². The summed E-state index contributed by atoms with van der Waals surface area (Å²) in [7, 11) is -2.03. The van der Waals surface area contributed by atoms with Crippen molar-refractivity contribution in [1.82, 2.24) is 0 Å². The molecule has 3 rings (SSSR count).